The highest BCUT2D eigenvalue weighted by Crippen LogP contribution is 2.18. The lowest BCUT2D eigenvalue weighted by Gasteiger charge is -2.08. The highest BCUT2D eigenvalue weighted by molar-refractivity contribution is 5.89. The molecule has 1 aromatic carbocycles. The molecule has 0 fully saturated rings. The largest absolute Gasteiger partial charge is 0.496 e. The topological polar surface area (TPSA) is 51.2 Å². The van der Waals surface area contributed by atoms with Crippen molar-refractivity contribution in [3.63, 3.8) is 0 Å². The lowest BCUT2D eigenvalue weighted by Crippen LogP contribution is -2.13. The summed E-state index contributed by atoms with van der Waals surface area (Å²) in [5, 5.41) is 2.76. The zero-order valence-electron chi connectivity index (χ0n) is 10.8. The van der Waals surface area contributed by atoms with Crippen molar-refractivity contribution in [2.75, 3.05) is 12.4 Å². The van der Waals surface area contributed by atoms with Crippen LogP contribution in [0.15, 0.2) is 48.7 Å². The quantitative estimate of drug-likeness (QED) is 0.894. The minimum Gasteiger partial charge on any atom is -0.496 e. The average molecular weight is 256 g/mol. The van der Waals surface area contributed by atoms with Crippen LogP contribution in [0.4, 0.5) is 5.82 Å². The van der Waals surface area contributed by atoms with Crippen LogP contribution in [0.5, 0.6) is 5.75 Å². The van der Waals surface area contributed by atoms with Gasteiger partial charge in [0.2, 0.25) is 5.91 Å². The molecule has 0 aliphatic heterocycles. The van der Waals surface area contributed by atoms with Gasteiger partial charge in [0, 0.05) is 12.6 Å². The number of carbonyl (C=O) groups is 1. The van der Waals surface area contributed by atoms with Crippen LogP contribution in [0, 0.1) is 0 Å². The van der Waals surface area contributed by atoms with Crippen molar-refractivity contribution in [3.05, 3.63) is 54.2 Å². The molecule has 0 saturated heterocycles. The summed E-state index contributed by atoms with van der Waals surface area (Å²) in [6, 6.07) is 13.1. The molecule has 2 rings (SSSR count). The van der Waals surface area contributed by atoms with Crippen LogP contribution in [0.1, 0.15) is 12.0 Å². The maximum atomic E-state index is 11.8. The number of amides is 1. The monoisotopic (exact) mass is 256 g/mol. The lowest BCUT2D eigenvalue weighted by molar-refractivity contribution is -0.116. The van der Waals surface area contributed by atoms with E-state index in [9.17, 15) is 4.79 Å². The molecule has 2 aromatic rings. The van der Waals surface area contributed by atoms with Crippen molar-refractivity contribution in [1.29, 1.82) is 0 Å². The van der Waals surface area contributed by atoms with Crippen molar-refractivity contribution in [2.45, 2.75) is 12.8 Å². The Kier molecular flexibility index (Phi) is 4.50. The molecular weight excluding hydrogens is 240 g/mol. The molecule has 1 N–H and O–H groups in total. The fourth-order valence-corrected chi connectivity index (χ4v) is 1.80. The van der Waals surface area contributed by atoms with Crippen molar-refractivity contribution in [2.24, 2.45) is 0 Å². The van der Waals surface area contributed by atoms with Crippen LogP contribution < -0.4 is 10.1 Å². The average Bonchev–Trinajstić information content (AvgIpc) is 2.46. The number of aryl methyl sites for hydroxylation is 1. The first kappa shape index (κ1) is 13.1. The Morgan fingerprint density at radius 2 is 2.00 bits per heavy atom. The normalized spacial score (nSPS) is 9.95. The van der Waals surface area contributed by atoms with E-state index in [0.29, 0.717) is 18.7 Å². The molecule has 19 heavy (non-hydrogen) atoms. The first-order chi connectivity index (χ1) is 9.29. The number of hydrogen-bond acceptors (Lipinski definition) is 3. The van der Waals surface area contributed by atoms with E-state index in [-0.39, 0.29) is 5.91 Å². The van der Waals surface area contributed by atoms with E-state index >= 15 is 0 Å². The van der Waals surface area contributed by atoms with Crippen LogP contribution in [0.2, 0.25) is 0 Å². The SMILES string of the molecule is COc1ccccc1CCC(=O)Nc1ccccn1. The number of anilines is 1. The molecule has 98 valence electrons. The van der Waals surface area contributed by atoms with Crippen LogP contribution in [0.3, 0.4) is 0 Å². The number of carbonyl (C=O) groups excluding carboxylic acids is 1. The zero-order valence-corrected chi connectivity index (χ0v) is 10.8. The van der Waals surface area contributed by atoms with Crippen molar-refractivity contribution < 1.29 is 9.53 Å². The van der Waals surface area contributed by atoms with Gasteiger partial charge in [-0.1, -0.05) is 24.3 Å². The summed E-state index contributed by atoms with van der Waals surface area (Å²) in [5.74, 6) is 1.34. The lowest BCUT2D eigenvalue weighted by atomic mass is 10.1. The number of benzene rings is 1. The summed E-state index contributed by atoms with van der Waals surface area (Å²) in [6.07, 6.45) is 2.69. The number of nitrogens with zero attached hydrogens (tertiary/aromatic N) is 1. The van der Waals surface area contributed by atoms with Gasteiger partial charge in [0.05, 0.1) is 7.11 Å². The molecule has 0 atom stereocenters. The second-order valence-electron chi connectivity index (χ2n) is 4.08. The minimum atomic E-state index is -0.0513. The van der Waals surface area contributed by atoms with Crippen LogP contribution >= 0.6 is 0 Å². The number of ether oxygens (including phenoxy) is 1. The second-order valence-corrected chi connectivity index (χ2v) is 4.08. The van der Waals surface area contributed by atoms with Gasteiger partial charge in [0.25, 0.3) is 0 Å². The number of rotatable bonds is 5. The van der Waals surface area contributed by atoms with Gasteiger partial charge >= 0.3 is 0 Å². The molecule has 4 nitrogen and oxygen atoms in total. The van der Waals surface area contributed by atoms with E-state index in [1.807, 2.05) is 36.4 Å². The van der Waals surface area contributed by atoms with E-state index in [1.165, 1.54) is 0 Å². The number of para-hydroxylation sites is 1. The predicted octanol–water partition coefficient (Wildman–Crippen LogP) is 2.66. The molecule has 0 aliphatic carbocycles. The number of pyridine rings is 1. The summed E-state index contributed by atoms with van der Waals surface area (Å²) < 4.78 is 5.25. The van der Waals surface area contributed by atoms with E-state index in [1.54, 1.807) is 19.4 Å². The summed E-state index contributed by atoms with van der Waals surface area (Å²) in [7, 11) is 1.63. The number of aromatic nitrogens is 1. The summed E-state index contributed by atoms with van der Waals surface area (Å²) in [4.78, 5) is 15.8. The van der Waals surface area contributed by atoms with Gasteiger partial charge in [-0.3, -0.25) is 4.79 Å². The van der Waals surface area contributed by atoms with Crippen LogP contribution in [-0.4, -0.2) is 18.0 Å². The Hall–Kier alpha value is -2.36. The Balaban J connectivity index is 1.90. The molecule has 0 spiro atoms. The summed E-state index contributed by atoms with van der Waals surface area (Å²) in [5.41, 5.74) is 1.03. The molecule has 4 heteroatoms. The number of hydrogen-bond donors (Lipinski definition) is 1. The second kappa shape index (κ2) is 6.54. The fourth-order valence-electron chi connectivity index (χ4n) is 1.80. The van der Waals surface area contributed by atoms with Gasteiger partial charge in [-0.25, -0.2) is 4.98 Å². The van der Waals surface area contributed by atoms with Gasteiger partial charge in [0.1, 0.15) is 11.6 Å². The third-order valence-corrected chi connectivity index (χ3v) is 2.75. The first-order valence-corrected chi connectivity index (χ1v) is 6.12. The first-order valence-electron chi connectivity index (χ1n) is 6.12. The molecule has 0 radical (unpaired) electrons. The van der Waals surface area contributed by atoms with Crippen molar-refractivity contribution in [3.8, 4) is 5.75 Å². The van der Waals surface area contributed by atoms with E-state index in [0.717, 1.165) is 11.3 Å². The Morgan fingerprint density at radius 1 is 1.21 bits per heavy atom. The minimum absolute atomic E-state index is 0.0513. The predicted molar refractivity (Wildman–Crippen MR) is 74.2 cm³/mol. The van der Waals surface area contributed by atoms with Gasteiger partial charge in [-0.05, 0) is 30.2 Å². The Bertz CT molecular complexity index is 541. The molecule has 0 saturated carbocycles. The zero-order chi connectivity index (χ0) is 13.5. The molecule has 1 amide bonds. The van der Waals surface area contributed by atoms with E-state index in [2.05, 4.69) is 10.3 Å². The molecule has 0 aliphatic rings. The highest BCUT2D eigenvalue weighted by atomic mass is 16.5. The maximum Gasteiger partial charge on any atom is 0.225 e. The Labute approximate surface area is 112 Å². The van der Waals surface area contributed by atoms with Gasteiger partial charge in [0.15, 0.2) is 0 Å². The number of methoxy groups -OCH3 is 1. The fraction of sp³-hybridized carbons (Fsp3) is 0.200. The third kappa shape index (κ3) is 3.81. The van der Waals surface area contributed by atoms with E-state index < -0.39 is 0 Å². The van der Waals surface area contributed by atoms with E-state index in [4.69, 9.17) is 4.74 Å². The van der Waals surface area contributed by atoms with Gasteiger partial charge in [-0.2, -0.15) is 0 Å². The van der Waals surface area contributed by atoms with Crippen molar-refractivity contribution in [1.82, 2.24) is 4.98 Å². The van der Waals surface area contributed by atoms with Crippen molar-refractivity contribution >= 4 is 11.7 Å². The summed E-state index contributed by atoms with van der Waals surface area (Å²) in [6.45, 7) is 0. The molecule has 1 aromatic heterocycles. The van der Waals surface area contributed by atoms with Crippen LogP contribution in [-0.2, 0) is 11.2 Å². The summed E-state index contributed by atoms with van der Waals surface area (Å²) >= 11 is 0. The number of nitrogens with one attached hydrogen (secondary N) is 1. The van der Waals surface area contributed by atoms with Gasteiger partial charge in [-0.15, -0.1) is 0 Å². The van der Waals surface area contributed by atoms with Crippen LogP contribution in [0.25, 0.3) is 0 Å². The highest BCUT2D eigenvalue weighted by Gasteiger charge is 2.06. The smallest absolute Gasteiger partial charge is 0.225 e. The molecular formula is C15H16N2O2. The molecule has 0 bridgehead atoms. The molecule has 1 heterocycles. The Morgan fingerprint density at radius 3 is 2.74 bits per heavy atom. The third-order valence-electron chi connectivity index (χ3n) is 2.75. The van der Waals surface area contributed by atoms with Gasteiger partial charge < -0.3 is 10.1 Å². The molecule has 0 unspecified atom stereocenters. The maximum absolute atomic E-state index is 11.8. The standard InChI is InChI=1S/C15H16N2O2/c1-19-13-7-3-2-6-12(13)9-10-15(18)17-14-8-4-5-11-16-14/h2-8,11H,9-10H2,1H3,(H,16,17,18).